The number of carbonyl (C=O) groups is 6. The van der Waals surface area contributed by atoms with E-state index in [1.807, 2.05) is 0 Å². The summed E-state index contributed by atoms with van der Waals surface area (Å²) in [6.45, 7) is 0. The van der Waals surface area contributed by atoms with Crippen molar-refractivity contribution in [2.24, 2.45) is 0 Å². The zero-order valence-electron chi connectivity index (χ0n) is 13.1. The minimum Gasteiger partial charge on any atom is -0.550 e. The maximum atomic E-state index is 12.6. The second kappa shape index (κ2) is 10.1. The van der Waals surface area contributed by atoms with Crippen LogP contribution < -0.4 is 30.6 Å². The molecule has 0 saturated heterocycles. The zero-order valence-corrected chi connectivity index (χ0v) is 13.1. The SMILES string of the molecule is O=C([O-])CC(O)(C(=O)[O-])C(F)C(=O)[O-].O=C([O-])CC(O)(C(=O)[O-])C(F)C(=O)[O-]. The molecule has 0 aromatic carbocycles. The first-order valence-corrected chi connectivity index (χ1v) is 6.40. The molecule has 16 heteroatoms. The maximum Gasteiger partial charge on any atom is 0.174 e. The molecule has 0 heterocycles. The summed E-state index contributed by atoms with van der Waals surface area (Å²) >= 11 is 0. The number of rotatable bonds is 10. The maximum absolute atomic E-state index is 12.6. The van der Waals surface area contributed by atoms with Gasteiger partial charge in [0.2, 0.25) is 0 Å². The van der Waals surface area contributed by atoms with Crippen molar-refractivity contribution in [3.8, 4) is 0 Å². The number of aliphatic carboxylic acids is 6. The van der Waals surface area contributed by atoms with Crippen molar-refractivity contribution in [1.29, 1.82) is 0 Å². The Morgan fingerprint density at radius 3 is 0.964 bits per heavy atom. The van der Waals surface area contributed by atoms with Crippen molar-refractivity contribution in [1.82, 2.24) is 0 Å². The van der Waals surface area contributed by atoms with Crippen LogP contribution in [0.25, 0.3) is 0 Å². The van der Waals surface area contributed by atoms with Gasteiger partial charge in [0.05, 0.1) is 23.9 Å². The van der Waals surface area contributed by atoms with Crippen molar-refractivity contribution < 1.29 is 78.4 Å². The van der Waals surface area contributed by atoms with Gasteiger partial charge < -0.3 is 69.6 Å². The zero-order chi connectivity index (χ0) is 23.0. The molecule has 0 fully saturated rings. The fraction of sp³-hybridized carbons (Fsp3) is 0.500. The predicted molar refractivity (Wildman–Crippen MR) is 59.0 cm³/mol. The number of hydrogen-bond donors (Lipinski definition) is 2. The summed E-state index contributed by atoms with van der Waals surface area (Å²) in [4.78, 5) is 59.8. The number of aliphatic hydroxyl groups is 2. The summed E-state index contributed by atoms with van der Waals surface area (Å²) in [5.41, 5.74) is -7.37. The lowest BCUT2D eigenvalue weighted by Crippen LogP contribution is -2.61. The number of carbonyl (C=O) groups excluding carboxylic acids is 6. The molecule has 0 rings (SSSR count). The van der Waals surface area contributed by atoms with Gasteiger partial charge in [-0.3, -0.25) is 0 Å². The predicted octanol–water partition coefficient (Wildman–Crippen LogP) is -10.6. The van der Waals surface area contributed by atoms with Crippen LogP contribution in [0, 0.1) is 0 Å². The second-order valence-corrected chi connectivity index (χ2v) is 4.88. The van der Waals surface area contributed by atoms with Gasteiger partial charge in [-0.15, -0.1) is 0 Å². The van der Waals surface area contributed by atoms with E-state index in [4.69, 9.17) is 10.2 Å². The van der Waals surface area contributed by atoms with Gasteiger partial charge in [0.25, 0.3) is 0 Å². The fourth-order valence-electron chi connectivity index (χ4n) is 1.36. The molecule has 14 nitrogen and oxygen atoms in total. The Kier molecular flexibility index (Phi) is 9.65. The Labute approximate surface area is 151 Å². The summed E-state index contributed by atoms with van der Waals surface area (Å²) < 4.78 is 25.1. The Hall–Kier alpha value is -3.40. The van der Waals surface area contributed by atoms with Crippen molar-refractivity contribution in [2.75, 3.05) is 0 Å². The van der Waals surface area contributed by atoms with Crippen molar-refractivity contribution in [3.05, 3.63) is 0 Å². The molecule has 0 amide bonds. The Morgan fingerprint density at radius 1 is 0.643 bits per heavy atom. The monoisotopic (exact) mass is 414 g/mol. The second-order valence-electron chi connectivity index (χ2n) is 4.88. The summed E-state index contributed by atoms with van der Waals surface area (Å²) in [6, 6.07) is 0. The van der Waals surface area contributed by atoms with Gasteiger partial charge in [-0.2, -0.15) is 0 Å². The Bertz CT molecular complexity index is 607. The van der Waals surface area contributed by atoms with Crippen LogP contribution >= 0.6 is 0 Å². The molecule has 28 heavy (non-hydrogen) atoms. The highest BCUT2D eigenvalue weighted by molar-refractivity contribution is 5.89. The molecule has 0 bridgehead atoms. The molecule has 0 aliphatic rings. The van der Waals surface area contributed by atoms with Gasteiger partial charge in [0, 0.05) is 24.8 Å². The number of hydrogen-bond acceptors (Lipinski definition) is 14. The van der Waals surface area contributed by atoms with Crippen LogP contribution in [0.1, 0.15) is 12.8 Å². The lowest BCUT2D eigenvalue weighted by Gasteiger charge is -2.32. The van der Waals surface area contributed by atoms with Crippen molar-refractivity contribution in [2.45, 2.75) is 36.4 Å². The van der Waals surface area contributed by atoms with E-state index in [0.717, 1.165) is 0 Å². The molecular formula is C12H8F2O14-6. The molecular weight excluding hydrogens is 406 g/mol. The average molecular weight is 414 g/mol. The minimum atomic E-state index is -3.68. The van der Waals surface area contributed by atoms with E-state index in [2.05, 4.69) is 0 Å². The lowest BCUT2D eigenvalue weighted by molar-refractivity contribution is -0.346. The molecule has 2 N–H and O–H groups in total. The van der Waals surface area contributed by atoms with Crippen LogP contribution in [-0.2, 0) is 28.8 Å². The number of halogens is 2. The summed E-state index contributed by atoms with van der Waals surface area (Å²) in [7, 11) is 0. The molecule has 0 aliphatic carbocycles. The standard InChI is InChI=1S/2C6H7FO7/c2*7-3(4(10)11)6(14,5(12)13)1-2(8)9/h2*3,14H,1H2,(H,8,9)(H,10,11)(H,12,13)/p-6. The van der Waals surface area contributed by atoms with Crippen LogP contribution in [-0.4, -0.2) is 69.6 Å². The van der Waals surface area contributed by atoms with Gasteiger partial charge in [-0.25, -0.2) is 8.78 Å². The Morgan fingerprint density at radius 2 is 0.857 bits per heavy atom. The average Bonchev–Trinajstić information content (AvgIpc) is 2.51. The van der Waals surface area contributed by atoms with E-state index in [0.29, 0.717) is 0 Å². The van der Waals surface area contributed by atoms with E-state index in [1.54, 1.807) is 0 Å². The normalized spacial score (nSPS) is 16.7. The largest absolute Gasteiger partial charge is 0.550 e. The van der Waals surface area contributed by atoms with E-state index in [9.17, 15) is 68.2 Å². The molecule has 160 valence electrons. The third kappa shape index (κ3) is 7.08. The molecule has 0 spiro atoms. The molecule has 0 aromatic rings. The molecule has 0 aliphatic heterocycles. The van der Waals surface area contributed by atoms with E-state index < -0.39 is 72.2 Å². The third-order valence-electron chi connectivity index (χ3n) is 2.79. The quantitative estimate of drug-likeness (QED) is 0.335. The summed E-state index contributed by atoms with van der Waals surface area (Å²) in [6.07, 6.45) is -10.3. The minimum absolute atomic E-state index is 1.75. The molecule has 4 atom stereocenters. The summed E-state index contributed by atoms with van der Waals surface area (Å²) in [5.74, 6) is -14.5. The van der Waals surface area contributed by atoms with Crippen LogP contribution in [0.2, 0.25) is 0 Å². The van der Waals surface area contributed by atoms with E-state index in [-0.39, 0.29) is 0 Å². The van der Waals surface area contributed by atoms with E-state index >= 15 is 0 Å². The first-order valence-electron chi connectivity index (χ1n) is 6.40. The third-order valence-corrected chi connectivity index (χ3v) is 2.79. The van der Waals surface area contributed by atoms with Crippen LogP contribution in [0.4, 0.5) is 8.78 Å². The molecule has 0 aromatic heterocycles. The highest BCUT2D eigenvalue weighted by Crippen LogP contribution is 2.18. The Balaban J connectivity index is 0. The van der Waals surface area contributed by atoms with Crippen LogP contribution in [0.3, 0.4) is 0 Å². The highest BCUT2D eigenvalue weighted by Gasteiger charge is 2.41. The smallest absolute Gasteiger partial charge is 0.174 e. The van der Waals surface area contributed by atoms with Gasteiger partial charge in [0.15, 0.2) is 12.3 Å². The van der Waals surface area contributed by atoms with Crippen LogP contribution in [0.5, 0.6) is 0 Å². The highest BCUT2D eigenvalue weighted by atomic mass is 19.1. The number of carboxylic acid groups (broad SMARTS) is 6. The lowest BCUT2D eigenvalue weighted by atomic mass is 9.94. The van der Waals surface area contributed by atoms with Crippen molar-refractivity contribution in [3.63, 3.8) is 0 Å². The molecule has 0 saturated carbocycles. The topological polar surface area (TPSA) is 281 Å². The van der Waals surface area contributed by atoms with Crippen LogP contribution in [0.15, 0.2) is 0 Å². The van der Waals surface area contributed by atoms with Gasteiger partial charge in [0.1, 0.15) is 11.2 Å². The van der Waals surface area contributed by atoms with Crippen molar-refractivity contribution >= 4 is 35.8 Å². The van der Waals surface area contributed by atoms with Gasteiger partial charge >= 0.3 is 0 Å². The van der Waals surface area contributed by atoms with E-state index in [1.165, 1.54) is 0 Å². The molecule has 0 radical (unpaired) electrons. The van der Waals surface area contributed by atoms with Gasteiger partial charge in [-0.1, -0.05) is 0 Å². The first kappa shape index (κ1) is 26.8. The van der Waals surface area contributed by atoms with Gasteiger partial charge in [-0.05, 0) is 0 Å². The molecule has 4 unspecified atom stereocenters. The first-order chi connectivity index (χ1) is 12.4. The number of carboxylic acids is 6. The fourth-order valence-corrected chi connectivity index (χ4v) is 1.36. The summed E-state index contributed by atoms with van der Waals surface area (Å²) in [5, 5.41) is 77.4. The number of alkyl halides is 2.